The molecule has 178 valence electrons. The number of nitrogens with two attached hydrogens (primary N) is 1. The third kappa shape index (κ3) is 4.01. The van der Waals surface area contributed by atoms with Crippen molar-refractivity contribution in [2.45, 2.75) is 83.1 Å². The quantitative estimate of drug-likeness (QED) is 0.346. The second-order valence-electron chi connectivity index (χ2n) is 8.48. The third-order valence-corrected chi connectivity index (χ3v) is 6.10. The first kappa shape index (κ1) is 23.4. The zero-order valence-corrected chi connectivity index (χ0v) is 19.4. The van der Waals surface area contributed by atoms with Crippen LogP contribution in [0.4, 0.5) is 5.82 Å². The fourth-order valence-electron chi connectivity index (χ4n) is 4.27. The molecule has 0 bridgehead atoms. The average molecular weight is 449 g/mol. The molecule has 0 aliphatic carbocycles. The SMILES string of the molecule is CCCCOC[C@H]1O[C@]2(c3ccc4c(N)ncnn34)O[C@@]2(OCCCC)[C@@H]1OCCCC. The van der Waals surface area contributed by atoms with E-state index in [1.807, 2.05) is 12.1 Å². The number of rotatable bonds is 14. The largest absolute Gasteiger partial charge is 0.382 e. The zero-order valence-electron chi connectivity index (χ0n) is 19.4. The Morgan fingerprint density at radius 1 is 1.06 bits per heavy atom. The first-order valence-corrected chi connectivity index (χ1v) is 11.9. The van der Waals surface area contributed by atoms with Crippen molar-refractivity contribution in [1.82, 2.24) is 14.6 Å². The summed E-state index contributed by atoms with van der Waals surface area (Å²) in [6.07, 6.45) is 6.73. The Morgan fingerprint density at radius 3 is 2.59 bits per heavy atom. The van der Waals surface area contributed by atoms with Crippen molar-refractivity contribution >= 4 is 11.3 Å². The van der Waals surface area contributed by atoms with Gasteiger partial charge in [-0.15, -0.1) is 0 Å². The van der Waals surface area contributed by atoms with Gasteiger partial charge in [0.15, 0.2) is 5.82 Å². The summed E-state index contributed by atoms with van der Waals surface area (Å²) in [6, 6.07) is 3.79. The predicted octanol–water partition coefficient (Wildman–Crippen LogP) is 3.41. The molecule has 9 nitrogen and oxygen atoms in total. The van der Waals surface area contributed by atoms with E-state index >= 15 is 0 Å². The lowest BCUT2D eigenvalue weighted by molar-refractivity contribution is -0.193. The summed E-state index contributed by atoms with van der Waals surface area (Å²) < 4.78 is 33.3. The molecule has 0 aromatic carbocycles. The summed E-state index contributed by atoms with van der Waals surface area (Å²) in [5.74, 6) is -1.76. The molecule has 0 radical (unpaired) electrons. The predicted molar refractivity (Wildman–Crippen MR) is 119 cm³/mol. The molecule has 0 unspecified atom stereocenters. The number of hydrogen-bond acceptors (Lipinski definition) is 8. The van der Waals surface area contributed by atoms with Gasteiger partial charge >= 0.3 is 0 Å². The van der Waals surface area contributed by atoms with Crippen LogP contribution >= 0.6 is 0 Å². The first-order chi connectivity index (χ1) is 15.6. The van der Waals surface area contributed by atoms with Gasteiger partial charge in [0.1, 0.15) is 29.7 Å². The average Bonchev–Trinajstić information content (AvgIpc) is 3.10. The summed E-state index contributed by atoms with van der Waals surface area (Å²) in [7, 11) is 0. The summed E-state index contributed by atoms with van der Waals surface area (Å²) in [5.41, 5.74) is 7.48. The van der Waals surface area contributed by atoms with Crippen LogP contribution in [0.15, 0.2) is 18.5 Å². The van der Waals surface area contributed by atoms with Crippen LogP contribution in [0.1, 0.15) is 65.0 Å². The molecule has 4 rings (SSSR count). The second kappa shape index (κ2) is 10.0. The van der Waals surface area contributed by atoms with E-state index in [-0.39, 0.29) is 6.10 Å². The highest BCUT2D eigenvalue weighted by molar-refractivity contribution is 5.66. The number of nitrogen functional groups attached to an aromatic ring is 1. The molecule has 2 aromatic rings. The van der Waals surface area contributed by atoms with E-state index in [0.29, 0.717) is 37.8 Å². The van der Waals surface area contributed by atoms with E-state index < -0.39 is 17.7 Å². The van der Waals surface area contributed by atoms with E-state index in [0.717, 1.165) is 44.2 Å². The minimum absolute atomic E-state index is 0.316. The van der Waals surface area contributed by atoms with Crippen LogP contribution in [0.2, 0.25) is 0 Å². The van der Waals surface area contributed by atoms with Crippen molar-refractivity contribution in [3.8, 4) is 0 Å². The smallest absolute Gasteiger partial charge is 0.274 e. The van der Waals surface area contributed by atoms with E-state index in [2.05, 4.69) is 30.9 Å². The van der Waals surface area contributed by atoms with Gasteiger partial charge in [0.25, 0.3) is 11.6 Å². The van der Waals surface area contributed by atoms with Gasteiger partial charge in [0.05, 0.1) is 13.2 Å². The Morgan fingerprint density at radius 2 is 1.81 bits per heavy atom. The molecular formula is C23H36N4O5. The standard InChI is InChI=1S/C23H36N4O5/c1-4-7-12-28-15-18-20(29-13-8-5-2)23(30-14-9-6-3)22(31-18,32-23)19-11-10-17-21(24)25-16-26-27(17)19/h10-11,16,18,20H,4-9,12-15H2,1-3H3,(H2,24,25,26)/t18-,20-,22-,23+/m1/s1. The van der Waals surface area contributed by atoms with Crippen LogP contribution in [0.5, 0.6) is 0 Å². The lowest BCUT2D eigenvalue weighted by atomic mass is 10.0. The molecule has 2 aliphatic rings. The van der Waals surface area contributed by atoms with E-state index in [9.17, 15) is 0 Å². The molecule has 0 spiro atoms. The number of fused-ring (bicyclic) bond motifs is 2. The van der Waals surface area contributed by atoms with Crippen LogP contribution in [0.3, 0.4) is 0 Å². The molecule has 2 N–H and O–H groups in total. The van der Waals surface area contributed by atoms with E-state index in [4.69, 9.17) is 29.4 Å². The Bertz CT molecular complexity index is 892. The molecule has 0 amide bonds. The molecule has 2 aliphatic heterocycles. The van der Waals surface area contributed by atoms with Crippen molar-refractivity contribution < 1.29 is 23.7 Å². The van der Waals surface area contributed by atoms with Crippen molar-refractivity contribution in [2.24, 2.45) is 0 Å². The number of nitrogens with zero attached hydrogens (tertiary/aromatic N) is 3. The Kier molecular flexibility index (Phi) is 7.31. The highest BCUT2D eigenvalue weighted by Gasteiger charge is 2.86. The summed E-state index contributed by atoms with van der Waals surface area (Å²) in [4.78, 5) is 4.09. The lowest BCUT2D eigenvalue weighted by Gasteiger charge is -2.25. The van der Waals surface area contributed by atoms with Crippen molar-refractivity contribution in [3.05, 3.63) is 24.2 Å². The minimum atomic E-state index is -1.12. The van der Waals surface area contributed by atoms with Gasteiger partial charge in [-0.05, 0) is 31.4 Å². The zero-order chi connectivity index (χ0) is 22.6. The van der Waals surface area contributed by atoms with Crippen molar-refractivity contribution in [3.63, 3.8) is 0 Å². The second-order valence-corrected chi connectivity index (χ2v) is 8.48. The third-order valence-electron chi connectivity index (χ3n) is 6.10. The van der Waals surface area contributed by atoms with Crippen molar-refractivity contribution in [1.29, 1.82) is 0 Å². The molecule has 2 fully saturated rings. The van der Waals surface area contributed by atoms with Crippen LogP contribution in [0.25, 0.3) is 5.52 Å². The molecule has 2 aromatic heterocycles. The van der Waals surface area contributed by atoms with E-state index in [1.54, 1.807) is 4.52 Å². The maximum atomic E-state index is 6.55. The highest BCUT2D eigenvalue weighted by Crippen LogP contribution is 2.66. The molecule has 4 atom stereocenters. The number of epoxide rings is 1. The van der Waals surface area contributed by atoms with Gasteiger partial charge in [0, 0.05) is 13.2 Å². The highest BCUT2D eigenvalue weighted by atomic mass is 16.9. The number of unbranched alkanes of at least 4 members (excludes halogenated alkanes) is 3. The molecule has 4 heterocycles. The summed E-state index contributed by atoms with van der Waals surface area (Å²) >= 11 is 0. The van der Waals surface area contributed by atoms with Crippen LogP contribution in [-0.2, 0) is 29.5 Å². The van der Waals surface area contributed by atoms with E-state index in [1.165, 1.54) is 6.33 Å². The van der Waals surface area contributed by atoms with Gasteiger partial charge in [-0.1, -0.05) is 40.0 Å². The van der Waals surface area contributed by atoms with Gasteiger partial charge in [-0.25, -0.2) is 9.50 Å². The Hall–Kier alpha value is -1.78. The van der Waals surface area contributed by atoms with Crippen molar-refractivity contribution in [2.75, 3.05) is 32.2 Å². The topological polar surface area (TPSA) is 106 Å². The normalized spacial score (nSPS) is 29.0. The molecular weight excluding hydrogens is 412 g/mol. The maximum Gasteiger partial charge on any atom is 0.274 e. The number of aromatic nitrogens is 3. The van der Waals surface area contributed by atoms with Gasteiger partial charge in [-0.2, -0.15) is 5.10 Å². The Labute approximate surface area is 189 Å². The maximum absolute atomic E-state index is 6.55. The molecule has 0 saturated carbocycles. The fraction of sp³-hybridized carbons (Fsp3) is 0.739. The summed E-state index contributed by atoms with van der Waals surface area (Å²) in [6.45, 7) is 8.69. The van der Waals surface area contributed by atoms with Crippen LogP contribution in [-0.4, -0.2) is 59.0 Å². The van der Waals surface area contributed by atoms with Crippen LogP contribution in [0, 0.1) is 0 Å². The summed E-state index contributed by atoms with van der Waals surface area (Å²) in [5, 5.41) is 4.40. The number of hydrogen-bond donors (Lipinski definition) is 1. The number of ether oxygens (including phenoxy) is 5. The van der Waals surface area contributed by atoms with Gasteiger partial charge in [0.2, 0.25) is 0 Å². The monoisotopic (exact) mass is 448 g/mol. The van der Waals surface area contributed by atoms with Crippen LogP contribution < -0.4 is 5.73 Å². The Balaban J connectivity index is 1.66. The number of anilines is 1. The molecule has 32 heavy (non-hydrogen) atoms. The fourth-order valence-corrected chi connectivity index (χ4v) is 4.27. The van der Waals surface area contributed by atoms with Gasteiger partial charge < -0.3 is 24.7 Å². The molecule has 9 heteroatoms. The lowest BCUT2D eigenvalue weighted by Crippen LogP contribution is -2.43. The molecule has 2 saturated heterocycles. The van der Waals surface area contributed by atoms with Gasteiger partial charge in [-0.3, -0.25) is 4.74 Å². The minimum Gasteiger partial charge on any atom is -0.382 e. The first-order valence-electron chi connectivity index (χ1n) is 11.9.